The number of rotatable bonds is 9. The minimum absolute atomic E-state index is 0.0562. The molecule has 0 spiro atoms. The van der Waals surface area contributed by atoms with Crippen molar-refractivity contribution in [2.24, 2.45) is 5.92 Å². The van der Waals surface area contributed by atoms with Gasteiger partial charge in [0.25, 0.3) is 0 Å². The van der Waals surface area contributed by atoms with E-state index in [0.29, 0.717) is 23.8 Å². The highest BCUT2D eigenvalue weighted by molar-refractivity contribution is 5.70. The zero-order chi connectivity index (χ0) is 23.8. The van der Waals surface area contributed by atoms with E-state index in [-0.39, 0.29) is 17.6 Å². The third kappa shape index (κ3) is 5.88. The van der Waals surface area contributed by atoms with Crippen LogP contribution in [0.4, 0.5) is 26.7 Å². The summed E-state index contributed by atoms with van der Waals surface area (Å²) in [6.45, 7) is -0.322. The molecule has 4 rings (SSSR count). The van der Waals surface area contributed by atoms with Gasteiger partial charge in [-0.2, -0.15) is 31.9 Å². The zero-order valence-corrected chi connectivity index (χ0v) is 17.5. The zero-order valence-electron chi connectivity index (χ0n) is 17.5. The van der Waals surface area contributed by atoms with Crippen LogP contribution in [0.1, 0.15) is 61.3 Å². The van der Waals surface area contributed by atoms with E-state index < -0.39 is 36.7 Å². The van der Waals surface area contributed by atoms with Crippen LogP contribution in [0, 0.1) is 12.8 Å². The molecule has 0 unspecified atom stereocenters. The Labute approximate surface area is 184 Å². The third-order valence-corrected chi connectivity index (χ3v) is 5.30. The summed E-state index contributed by atoms with van der Waals surface area (Å²) in [7, 11) is 0. The van der Waals surface area contributed by atoms with Crippen molar-refractivity contribution >= 4 is 6.09 Å². The van der Waals surface area contributed by atoms with E-state index in [1.165, 1.54) is 12.1 Å². The van der Waals surface area contributed by atoms with E-state index in [4.69, 9.17) is 14.0 Å². The number of halogens is 5. The predicted octanol–water partition coefficient (Wildman–Crippen LogP) is 4.86. The van der Waals surface area contributed by atoms with E-state index in [9.17, 15) is 26.7 Å². The second kappa shape index (κ2) is 8.75. The molecule has 0 aromatic carbocycles. The Morgan fingerprint density at radius 2 is 1.91 bits per heavy atom. The Bertz CT molecular complexity index is 1000. The molecule has 8 nitrogen and oxygen atoms in total. The maximum absolute atomic E-state index is 13.3. The van der Waals surface area contributed by atoms with Gasteiger partial charge in [0.2, 0.25) is 17.7 Å². The van der Waals surface area contributed by atoms with Crippen LogP contribution in [-0.2, 0) is 0 Å². The van der Waals surface area contributed by atoms with Gasteiger partial charge in [0.15, 0.2) is 12.4 Å². The van der Waals surface area contributed by atoms with Crippen LogP contribution < -0.4 is 14.8 Å². The molecule has 33 heavy (non-hydrogen) atoms. The molecule has 2 heterocycles. The molecule has 0 saturated heterocycles. The molecule has 2 aliphatic carbocycles. The number of carbonyl (C=O) groups excluding carboxylic acids is 1. The monoisotopic (exact) mass is 476 g/mol. The van der Waals surface area contributed by atoms with Crippen LogP contribution in [0.15, 0.2) is 16.7 Å². The summed E-state index contributed by atoms with van der Waals surface area (Å²) in [5.41, 5.74) is 0.384. The number of pyridine rings is 1. The summed E-state index contributed by atoms with van der Waals surface area (Å²) in [4.78, 5) is 20.4. The second-order valence-corrected chi connectivity index (χ2v) is 8.25. The molecular formula is C20H21F5N4O4. The molecule has 2 aromatic heterocycles. The second-order valence-electron chi connectivity index (χ2n) is 8.25. The molecule has 2 saturated carbocycles. The molecule has 0 bridgehead atoms. The van der Waals surface area contributed by atoms with E-state index in [1.54, 1.807) is 6.92 Å². The van der Waals surface area contributed by atoms with Gasteiger partial charge in [-0.25, -0.2) is 4.79 Å². The van der Waals surface area contributed by atoms with Crippen molar-refractivity contribution in [3.63, 3.8) is 0 Å². The summed E-state index contributed by atoms with van der Waals surface area (Å²) in [5.74, 6) is -4.82. The first-order valence-electron chi connectivity index (χ1n) is 10.4. The summed E-state index contributed by atoms with van der Waals surface area (Å²) in [5, 5.41) is 6.44. The first-order chi connectivity index (χ1) is 15.5. The van der Waals surface area contributed by atoms with Crippen molar-refractivity contribution in [1.29, 1.82) is 0 Å². The Balaban J connectivity index is 1.44. The maximum Gasteiger partial charge on any atom is 0.456 e. The highest BCUT2D eigenvalue weighted by Gasteiger charge is 2.58. The average molecular weight is 476 g/mol. The summed E-state index contributed by atoms with van der Waals surface area (Å²) >= 11 is 0. The molecule has 1 N–H and O–H groups in total. The predicted molar refractivity (Wildman–Crippen MR) is 101 cm³/mol. The highest BCUT2D eigenvalue weighted by Crippen LogP contribution is 2.45. The number of hydrogen-bond donors (Lipinski definition) is 1. The first-order valence-corrected chi connectivity index (χ1v) is 10.4. The molecule has 1 amide bonds. The lowest BCUT2D eigenvalue weighted by atomic mass is 10.1. The van der Waals surface area contributed by atoms with Crippen LogP contribution >= 0.6 is 0 Å². The van der Waals surface area contributed by atoms with Crippen LogP contribution in [0.3, 0.4) is 0 Å². The largest absolute Gasteiger partial charge is 0.471 e. The van der Waals surface area contributed by atoms with Crippen molar-refractivity contribution in [3.8, 4) is 11.8 Å². The number of nitrogens with zero attached hydrogens (tertiary/aromatic N) is 3. The number of aromatic nitrogens is 3. The molecule has 0 radical (unpaired) electrons. The van der Waals surface area contributed by atoms with E-state index in [0.717, 1.165) is 25.7 Å². The molecular weight excluding hydrogens is 455 g/mol. The third-order valence-electron chi connectivity index (χ3n) is 5.30. The molecule has 180 valence electrons. The number of hydrogen-bond acceptors (Lipinski definition) is 7. The van der Waals surface area contributed by atoms with Crippen molar-refractivity contribution in [3.05, 3.63) is 29.4 Å². The Morgan fingerprint density at radius 1 is 1.18 bits per heavy atom. The van der Waals surface area contributed by atoms with Crippen LogP contribution in [0.5, 0.6) is 11.8 Å². The average Bonchev–Trinajstić information content (AvgIpc) is 3.65. The van der Waals surface area contributed by atoms with Crippen LogP contribution in [0.2, 0.25) is 0 Å². The molecule has 13 heteroatoms. The minimum Gasteiger partial charge on any atom is -0.471 e. The van der Waals surface area contributed by atoms with Crippen molar-refractivity contribution in [1.82, 2.24) is 20.4 Å². The van der Waals surface area contributed by atoms with Gasteiger partial charge in [-0.3, -0.25) is 0 Å². The lowest BCUT2D eigenvalue weighted by Gasteiger charge is -2.20. The first kappa shape index (κ1) is 23.2. The summed E-state index contributed by atoms with van der Waals surface area (Å²) < 4.78 is 78.8. The van der Waals surface area contributed by atoms with Crippen LogP contribution in [0.25, 0.3) is 0 Å². The van der Waals surface area contributed by atoms with Crippen molar-refractivity contribution in [2.45, 2.75) is 63.1 Å². The fourth-order valence-electron chi connectivity index (χ4n) is 3.19. The van der Waals surface area contributed by atoms with Gasteiger partial charge in [-0.15, -0.1) is 0 Å². The van der Waals surface area contributed by atoms with Crippen molar-refractivity contribution in [2.75, 3.05) is 6.61 Å². The standard InChI is InChI=1S/C20H21F5N4O4/c1-10-26-16(29-33-10)14(8-11-2-3-11)27-18(30)32-15-7-6-13(12-4-5-12)17(28-15)31-9-19(21,22)20(23,24)25/h6-7,11-12,14H,2-5,8-9H2,1H3,(H,27,30)/t14-/m0/s1. The number of ether oxygens (including phenoxy) is 2. The van der Waals surface area contributed by atoms with E-state index in [1.807, 2.05) is 0 Å². The van der Waals surface area contributed by atoms with Gasteiger partial charge in [-0.05, 0) is 37.2 Å². The van der Waals surface area contributed by atoms with Crippen molar-refractivity contribution < 1.29 is 40.7 Å². The molecule has 0 aliphatic heterocycles. The number of nitrogens with one attached hydrogen (secondary N) is 1. The van der Waals surface area contributed by atoms with Gasteiger partial charge >= 0.3 is 18.2 Å². The fourth-order valence-corrected chi connectivity index (χ4v) is 3.19. The minimum atomic E-state index is -5.76. The van der Waals surface area contributed by atoms with Gasteiger partial charge < -0.3 is 19.3 Å². The quantitative estimate of drug-likeness (QED) is 0.516. The summed E-state index contributed by atoms with van der Waals surface area (Å²) in [6, 6.07) is 2.20. The number of amides is 1. The fraction of sp³-hybridized carbons (Fsp3) is 0.600. The van der Waals surface area contributed by atoms with E-state index >= 15 is 0 Å². The smallest absolute Gasteiger partial charge is 0.456 e. The summed E-state index contributed by atoms with van der Waals surface area (Å²) in [6.07, 6.45) is -2.63. The lowest BCUT2D eigenvalue weighted by Crippen LogP contribution is -2.42. The molecule has 1 atom stereocenters. The molecule has 2 aliphatic rings. The SMILES string of the molecule is Cc1nc([C@H](CC2CC2)NC(=O)Oc2ccc(C3CC3)c(OCC(F)(F)C(F)(F)F)n2)no1. The Morgan fingerprint density at radius 3 is 2.48 bits per heavy atom. The number of alkyl halides is 5. The normalized spacial score (nSPS) is 17.5. The Kier molecular flexibility index (Phi) is 6.14. The molecule has 2 fully saturated rings. The Hall–Kier alpha value is -2.99. The highest BCUT2D eigenvalue weighted by atomic mass is 19.4. The number of aryl methyl sites for hydroxylation is 1. The van der Waals surface area contributed by atoms with Crippen LogP contribution in [-0.4, -0.2) is 39.9 Å². The van der Waals surface area contributed by atoms with Gasteiger partial charge in [0.05, 0.1) is 6.04 Å². The lowest BCUT2D eigenvalue weighted by molar-refractivity contribution is -0.290. The molecule has 2 aromatic rings. The maximum atomic E-state index is 13.3. The van der Waals surface area contributed by atoms with Gasteiger partial charge in [-0.1, -0.05) is 18.0 Å². The van der Waals surface area contributed by atoms with Gasteiger partial charge in [0, 0.05) is 18.6 Å². The van der Waals surface area contributed by atoms with Gasteiger partial charge in [0.1, 0.15) is 0 Å². The number of carbonyl (C=O) groups is 1. The van der Waals surface area contributed by atoms with E-state index in [2.05, 4.69) is 20.4 Å². The topological polar surface area (TPSA) is 99.4 Å².